The van der Waals surface area contributed by atoms with Crippen LogP contribution in [0, 0.1) is 0 Å². The van der Waals surface area contributed by atoms with E-state index in [1.54, 1.807) is 7.11 Å². The van der Waals surface area contributed by atoms with E-state index in [4.69, 9.17) is 4.74 Å². The van der Waals surface area contributed by atoms with Crippen LogP contribution >= 0.6 is 15.9 Å². The minimum absolute atomic E-state index is 0.0172. The van der Waals surface area contributed by atoms with Crippen LogP contribution in [0.2, 0.25) is 0 Å². The predicted molar refractivity (Wildman–Crippen MR) is 92.3 cm³/mol. The van der Waals surface area contributed by atoms with Crippen molar-refractivity contribution in [1.29, 1.82) is 0 Å². The van der Waals surface area contributed by atoms with Gasteiger partial charge in [0.05, 0.1) is 13.7 Å². The fraction of sp³-hybridized carbons (Fsp3) is 0.235. The second-order valence-electron chi connectivity index (χ2n) is 4.81. The smallest absolute Gasteiger partial charge is 0.239 e. The Morgan fingerprint density at radius 3 is 2.41 bits per heavy atom. The van der Waals surface area contributed by atoms with Gasteiger partial charge in [-0.25, -0.2) is 0 Å². The van der Waals surface area contributed by atoms with Crippen LogP contribution in [0.4, 0.5) is 5.69 Å². The number of carbonyl (C=O) groups excluding carboxylic acids is 1. The lowest BCUT2D eigenvalue weighted by atomic mass is 10.1. The summed E-state index contributed by atoms with van der Waals surface area (Å²) >= 11 is 3.38. The van der Waals surface area contributed by atoms with Gasteiger partial charge in [0.15, 0.2) is 0 Å². The van der Waals surface area contributed by atoms with Crippen molar-refractivity contribution in [1.82, 2.24) is 5.32 Å². The molecule has 0 unspecified atom stereocenters. The second kappa shape index (κ2) is 8.44. The van der Waals surface area contributed by atoms with Crippen molar-refractivity contribution in [3.63, 3.8) is 0 Å². The van der Waals surface area contributed by atoms with Gasteiger partial charge in [-0.05, 0) is 48.4 Å². The lowest BCUT2D eigenvalue weighted by Crippen LogP contribution is -2.31. The van der Waals surface area contributed by atoms with Gasteiger partial charge in [0.2, 0.25) is 5.91 Å². The van der Waals surface area contributed by atoms with Crippen molar-refractivity contribution in [2.75, 3.05) is 25.5 Å². The number of anilines is 1. The lowest BCUT2D eigenvalue weighted by Gasteiger charge is -2.08. The second-order valence-corrected chi connectivity index (χ2v) is 5.72. The Bertz CT molecular complexity index is 597. The van der Waals surface area contributed by atoms with Crippen LogP contribution in [-0.2, 0) is 11.2 Å². The van der Waals surface area contributed by atoms with Gasteiger partial charge in [-0.15, -0.1) is 0 Å². The molecular weight excluding hydrogens is 344 g/mol. The summed E-state index contributed by atoms with van der Waals surface area (Å²) in [4.78, 5) is 11.8. The van der Waals surface area contributed by atoms with E-state index in [9.17, 15) is 4.79 Å². The van der Waals surface area contributed by atoms with Crippen LogP contribution in [0.1, 0.15) is 5.56 Å². The molecule has 4 nitrogen and oxygen atoms in total. The fourth-order valence-electron chi connectivity index (χ4n) is 1.95. The molecule has 0 saturated carbocycles. The third kappa shape index (κ3) is 5.41. The Morgan fingerprint density at radius 2 is 1.77 bits per heavy atom. The highest BCUT2D eigenvalue weighted by Crippen LogP contribution is 2.13. The summed E-state index contributed by atoms with van der Waals surface area (Å²) in [6.07, 6.45) is 0.800. The zero-order valence-electron chi connectivity index (χ0n) is 12.4. The largest absolute Gasteiger partial charge is 0.497 e. The van der Waals surface area contributed by atoms with E-state index in [0.717, 1.165) is 22.3 Å². The number of methoxy groups -OCH3 is 1. The molecule has 1 amide bonds. The molecule has 0 fully saturated rings. The summed E-state index contributed by atoms with van der Waals surface area (Å²) in [5.41, 5.74) is 2.09. The average Bonchev–Trinajstić information content (AvgIpc) is 2.55. The highest BCUT2D eigenvalue weighted by atomic mass is 79.9. The summed E-state index contributed by atoms with van der Waals surface area (Å²) in [6, 6.07) is 15.6. The summed E-state index contributed by atoms with van der Waals surface area (Å²) in [5.74, 6) is 0.822. The summed E-state index contributed by atoms with van der Waals surface area (Å²) in [7, 11) is 1.65. The van der Waals surface area contributed by atoms with Crippen molar-refractivity contribution >= 4 is 27.5 Å². The zero-order chi connectivity index (χ0) is 15.8. The van der Waals surface area contributed by atoms with Crippen LogP contribution in [0.3, 0.4) is 0 Å². The van der Waals surface area contributed by atoms with E-state index in [0.29, 0.717) is 6.54 Å². The van der Waals surface area contributed by atoms with E-state index < -0.39 is 0 Å². The van der Waals surface area contributed by atoms with Gasteiger partial charge in [0, 0.05) is 16.7 Å². The molecule has 0 saturated heterocycles. The Morgan fingerprint density at radius 1 is 1.09 bits per heavy atom. The van der Waals surface area contributed by atoms with Crippen LogP contribution in [-0.4, -0.2) is 26.1 Å². The SMILES string of the molecule is COc1ccc(CCNC(=O)CNc2ccc(Br)cc2)cc1. The molecule has 0 atom stereocenters. The van der Waals surface area contributed by atoms with E-state index in [1.807, 2.05) is 48.5 Å². The Hall–Kier alpha value is -2.01. The highest BCUT2D eigenvalue weighted by molar-refractivity contribution is 9.10. The molecule has 0 aliphatic rings. The van der Waals surface area contributed by atoms with Crippen LogP contribution < -0.4 is 15.4 Å². The van der Waals surface area contributed by atoms with Gasteiger partial charge in [0.1, 0.15) is 5.75 Å². The van der Waals surface area contributed by atoms with Crippen molar-refractivity contribution in [2.45, 2.75) is 6.42 Å². The number of rotatable bonds is 7. The molecule has 0 heterocycles. The molecule has 2 rings (SSSR count). The van der Waals surface area contributed by atoms with Gasteiger partial charge in [-0.3, -0.25) is 4.79 Å². The number of halogens is 1. The quantitative estimate of drug-likeness (QED) is 0.794. The molecule has 22 heavy (non-hydrogen) atoms. The molecule has 0 spiro atoms. The van der Waals surface area contributed by atoms with Crippen LogP contribution in [0.5, 0.6) is 5.75 Å². The maximum Gasteiger partial charge on any atom is 0.239 e. The summed E-state index contributed by atoms with van der Waals surface area (Å²) in [5, 5.41) is 5.99. The van der Waals surface area contributed by atoms with Gasteiger partial charge < -0.3 is 15.4 Å². The average molecular weight is 363 g/mol. The zero-order valence-corrected chi connectivity index (χ0v) is 14.0. The Kier molecular flexibility index (Phi) is 6.27. The monoisotopic (exact) mass is 362 g/mol. The molecule has 0 aromatic heterocycles. The third-order valence-corrected chi connectivity index (χ3v) is 3.72. The standard InChI is InChI=1S/C17H19BrN2O2/c1-22-16-8-2-13(3-9-16)10-11-19-17(21)12-20-15-6-4-14(18)5-7-15/h2-9,20H,10-12H2,1H3,(H,19,21). The summed E-state index contributed by atoms with van der Waals surface area (Å²) < 4.78 is 6.13. The maximum absolute atomic E-state index is 11.8. The van der Waals surface area contributed by atoms with Crippen LogP contribution in [0.25, 0.3) is 0 Å². The molecule has 5 heteroatoms. The number of hydrogen-bond donors (Lipinski definition) is 2. The third-order valence-electron chi connectivity index (χ3n) is 3.19. The predicted octanol–water partition coefficient (Wildman–Crippen LogP) is 3.23. The molecule has 2 N–H and O–H groups in total. The van der Waals surface area contributed by atoms with E-state index in [1.165, 1.54) is 5.56 Å². The molecule has 2 aromatic carbocycles. The topological polar surface area (TPSA) is 50.4 Å². The van der Waals surface area contributed by atoms with E-state index >= 15 is 0 Å². The molecular formula is C17H19BrN2O2. The molecule has 116 valence electrons. The van der Waals surface area contributed by atoms with Crippen molar-refractivity contribution in [3.8, 4) is 5.75 Å². The van der Waals surface area contributed by atoms with Gasteiger partial charge >= 0.3 is 0 Å². The minimum Gasteiger partial charge on any atom is -0.497 e. The van der Waals surface area contributed by atoms with Gasteiger partial charge in [-0.1, -0.05) is 28.1 Å². The first kappa shape index (κ1) is 16.4. The first-order valence-corrected chi connectivity index (χ1v) is 7.86. The fourth-order valence-corrected chi connectivity index (χ4v) is 2.22. The Labute approximate surface area is 139 Å². The van der Waals surface area contributed by atoms with Crippen molar-refractivity contribution < 1.29 is 9.53 Å². The molecule has 0 radical (unpaired) electrons. The number of benzene rings is 2. The number of carbonyl (C=O) groups is 1. The molecule has 2 aromatic rings. The van der Waals surface area contributed by atoms with E-state index in [-0.39, 0.29) is 12.5 Å². The molecule has 0 aliphatic heterocycles. The van der Waals surface area contributed by atoms with Gasteiger partial charge in [-0.2, -0.15) is 0 Å². The highest BCUT2D eigenvalue weighted by Gasteiger charge is 2.01. The Balaban J connectivity index is 1.67. The normalized spacial score (nSPS) is 10.1. The van der Waals surface area contributed by atoms with Crippen molar-refractivity contribution in [2.24, 2.45) is 0 Å². The van der Waals surface area contributed by atoms with Gasteiger partial charge in [0.25, 0.3) is 0 Å². The first-order valence-electron chi connectivity index (χ1n) is 7.06. The van der Waals surface area contributed by atoms with E-state index in [2.05, 4.69) is 26.6 Å². The number of hydrogen-bond acceptors (Lipinski definition) is 3. The number of amides is 1. The maximum atomic E-state index is 11.8. The van der Waals surface area contributed by atoms with Crippen LogP contribution in [0.15, 0.2) is 53.0 Å². The minimum atomic E-state index is -0.0172. The lowest BCUT2D eigenvalue weighted by molar-refractivity contribution is -0.119. The first-order chi connectivity index (χ1) is 10.7. The molecule has 0 bridgehead atoms. The molecule has 0 aliphatic carbocycles. The van der Waals surface area contributed by atoms with Crippen molar-refractivity contribution in [3.05, 3.63) is 58.6 Å². The number of ether oxygens (including phenoxy) is 1. The number of nitrogens with one attached hydrogen (secondary N) is 2. The summed E-state index contributed by atoms with van der Waals surface area (Å²) in [6.45, 7) is 0.886.